The second-order valence-electron chi connectivity index (χ2n) is 8.89. The third kappa shape index (κ3) is 4.73. The van der Waals surface area contributed by atoms with Crippen molar-refractivity contribution in [2.45, 2.75) is 33.6 Å². The summed E-state index contributed by atoms with van der Waals surface area (Å²) in [6.45, 7) is 14.1. The van der Waals surface area contributed by atoms with Crippen LogP contribution in [-0.4, -0.2) is 34.7 Å². The van der Waals surface area contributed by atoms with Gasteiger partial charge in [-0.05, 0) is 62.3 Å². The summed E-state index contributed by atoms with van der Waals surface area (Å²) in [5.74, 6) is 0.810. The molecule has 0 unspecified atom stereocenters. The van der Waals surface area contributed by atoms with Gasteiger partial charge in [0.15, 0.2) is 0 Å². The summed E-state index contributed by atoms with van der Waals surface area (Å²) in [6, 6.07) is 8.02. The van der Waals surface area contributed by atoms with Crippen LogP contribution in [0.1, 0.15) is 38.1 Å². The van der Waals surface area contributed by atoms with Gasteiger partial charge in [-0.2, -0.15) is 5.10 Å². The number of aryl methyl sites for hydroxylation is 1. The molecule has 186 valence electrons. The minimum atomic E-state index is 0.749. The lowest BCUT2D eigenvalue weighted by Crippen LogP contribution is -2.10. The lowest BCUT2D eigenvalue weighted by molar-refractivity contribution is 0.829. The van der Waals surface area contributed by atoms with Crippen molar-refractivity contribution >= 4 is 27.5 Å². The average Bonchev–Trinajstić information content (AvgIpc) is 3.63. The summed E-state index contributed by atoms with van der Waals surface area (Å²) >= 11 is 0. The van der Waals surface area contributed by atoms with Crippen molar-refractivity contribution in [3.63, 3.8) is 0 Å². The molecule has 0 amide bonds. The van der Waals surface area contributed by atoms with E-state index in [1.54, 1.807) is 18.6 Å². The van der Waals surface area contributed by atoms with Crippen molar-refractivity contribution in [2.24, 2.45) is 0 Å². The Bertz CT molecular complexity index is 1670. The van der Waals surface area contributed by atoms with Crippen molar-refractivity contribution in [2.75, 3.05) is 0 Å². The molecule has 0 aromatic carbocycles. The van der Waals surface area contributed by atoms with E-state index in [1.165, 1.54) is 0 Å². The highest BCUT2D eigenvalue weighted by atomic mass is 15.1. The lowest BCUT2D eigenvalue weighted by atomic mass is 10.1. The highest BCUT2D eigenvalue weighted by molar-refractivity contribution is 5.96. The maximum absolute atomic E-state index is 5.00. The molecule has 8 nitrogen and oxygen atoms in total. The highest BCUT2D eigenvalue weighted by Crippen LogP contribution is 2.31. The van der Waals surface area contributed by atoms with Crippen LogP contribution in [0.2, 0.25) is 0 Å². The molecule has 3 N–H and O–H groups in total. The van der Waals surface area contributed by atoms with Crippen molar-refractivity contribution in [3.05, 3.63) is 97.2 Å². The van der Waals surface area contributed by atoms with Gasteiger partial charge in [0.2, 0.25) is 0 Å². The number of pyridine rings is 2. The Morgan fingerprint density at radius 2 is 2.05 bits per heavy atom. The van der Waals surface area contributed by atoms with Gasteiger partial charge in [0.25, 0.3) is 0 Å². The average molecular weight is 491 g/mol. The Morgan fingerprint density at radius 3 is 2.78 bits per heavy atom. The van der Waals surface area contributed by atoms with Gasteiger partial charge < -0.3 is 10.3 Å². The number of H-pyrrole nitrogens is 2. The second kappa shape index (κ2) is 10.1. The van der Waals surface area contributed by atoms with Gasteiger partial charge in [-0.25, -0.2) is 15.0 Å². The van der Waals surface area contributed by atoms with Crippen LogP contribution in [0.25, 0.3) is 44.7 Å². The molecule has 0 aliphatic rings. The number of aromatic nitrogens is 7. The van der Waals surface area contributed by atoms with Gasteiger partial charge >= 0.3 is 0 Å². The normalized spacial score (nSPS) is 12.4. The third-order valence-electron chi connectivity index (χ3n) is 6.16. The van der Waals surface area contributed by atoms with Crippen molar-refractivity contribution in [3.8, 4) is 17.2 Å². The summed E-state index contributed by atoms with van der Waals surface area (Å²) < 4.78 is 1.93. The molecule has 37 heavy (non-hydrogen) atoms. The van der Waals surface area contributed by atoms with Crippen LogP contribution in [0.3, 0.4) is 0 Å². The fraction of sp³-hybridized carbons (Fsp3) is 0.172. The molecular formula is C29H30N8. The van der Waals surface area contributed by atoms with Crippen molar-refractivity contribution in [1.29, 1.82) is 0 Å². The van der Waals surface area contributed by atoms with Gasteiger partial charge in [0, 0.05) is 29.2 Å². The number of fused-ring (bicyclic) bond motifs is 2. The fourth-order valence-electron chi connectivity index (χ4n) is 4.34. The number of imidazole rings is 1. The summed E-state index contributed by atoms with van der Waals surface area (Å²) in [5.41, 5.74) is 8.80. The molecule has 8 heteroatoms. The molecule has 0 atom stereocenters. The monoisotopic (exact) mass is 490 g/mol. The second-order valence-corrected chi connectivity index (χ2v) is 8.89. The first-order valence-corrected chi connectivity index (χ1v) is 12.3. The number of allylic oxidation sites excluding steroid dienone is 5. The summed E-state index contributed by atoms with van der Waals surface area (Å²) in [7, 11) is 0. The van der Waals surface area contributed by atoms with Crippen LogP contribution in [0.15, 0.2) is 85.8 Å². The Balaban J connectivity index is 1.54. The highest BCUT2D eigenvalue weighted by Gasteiger charge is 2.16. The van der Waals surface area contributed by atoms with E-state index in [2.05, 4.69) is 56.6 Å². The number of hydrogen-bond donors (Lipinski definition) is 3. The zero-order valence-electron chi connectivity index (χ0n) is 21.3. The van der Waals surface area contributed by atoms with E-state index in [1.807, 2.05) is 55.0 Å². The summed E-state index contributed by atoms with van der Waals surface area (Å²) in [6.07, 6.45) is 13.3. The van der Waals surface area contributed by atoms with Crippen LogP contribution < -0.4 is 5.32 Å². The minimum absolute atomic E-state index is 0.749. The Hall–Kier alpha value is -4.72. The van der Waals surface area contributed by atoms with Gasteiger partial charge in [-0.15, -0.1) is 0 Å². The first kappa shape index (κ1) is 24.0. The molecular weight excluding hydrogens is 460 g/mol. The number of rotatable bonds is 9. The molecule has 5 heterocycles. The zero-order valence-corrected chi connectivity index (χ0v) is 21.3. The molecule has 0 fully saturated rings. The molecule has 0 saturated carbocycles. The molecule has 0 spiro atoms. The molecule has 0 bridgehead atoms. The minimum Gasteiger partial charge on any atom is -0.359 e. The maximum atomic E-state index is 5.00. The number of aromatic amines is 2. The SMILES string of the molecule is C=C/C(=C\C(=C/C)c1ccc2[nH]nc(-c3cc4c(-n5cnc(C)c5)nccc4[nH]3)c2n1)NC(=C)CCC. The predicted molar refractivity (Wildman–Crippen MR) is 150 cm³/mol. The van der Waals surface area contributed by atoms with Gasteiger partial charge in [0.05, 0.1) is 28.1 Å². The molecule has 5 aromatic heterocycles. The molecule has 0 radical (unpaired) electrons. The van der Waals surface area contributed by atoms with Crippen LogP contribution >= 0.6 is 0 Å². The van der Waals surface area contributed by atoms with Crippen LogP contribution in [0, 0.1) is 6.92 Å². The van der Waals surface area contributed by atoms with E-state index in [-0.39, 0.29) is 0 Å². The third-order valence-corrected chi connectivity index (χ3v) is 6.16. The van der Waals surface area contributed by atoms with Gasteiger partial charge in [0.1, 0.15) is 23.4 Å². The first-order chi connectivity index (χ1) is 18.0. The number of nitrogens with one attached hydrogen (secondary N) is 3. The lowest BCUT2D eigenvalue weighted by Gasteiger charge is -2.11. The molecule has 0 saturated heterocycles. The quantitative estimate of drug-likeness (QED) is 0.208. The maximum Gasteiger partial charge on any atom is 0.147 e. The van der Waals surface area contributed by atoms with E-state index < -0.39 is 0 Å². The standard InChI is InChI=1S/C29H30N8/c1-6-9-18(4)32-21(8-3)14-20(7-2)23-10-11-25-27(34-23)28(36-35-25)26-15-22-24(33-26)12-13-30-29(22)37-16-19(5)31-17-37/h7-8,10-17,32-33H,3-4,6,9H2,1-2,5H3,(H,35,36)/b20-7+,21-14+. The summed E-state index contributed by atoms with van der Waals surface area (Å²) in [4.78, 5) is 17.4. The van der Waals surface area contributed by atoms with E-state index in [4.69, 9.17) is 4.98 Å². The van der Waals surface area contributed by atoms with Gasteiger partial charge in [-0.1, -0.05) is 32.6 Å². The smallest absolute Gasteiger partial charge is 0.147 e. The Labute approximate surface area is 215 Å². The number of hydrogen-bond acceptors (Lipinski definition) is 5. The Morgan fingerprint density at radius 1 is 1.19 bits per heavy atom. The van der Waals surface area contributed by atoms with Crippen molar-refractivity contribution in [1.82, 2.24) is 40.0 Å². The molecule has 0 aliphatic heterocycles. The van der Waals surface area contributed by atoms with Crippen LogP contribution in [-0.2, 0) is 0 Å². The fourth-order valence-corrected chi connectivity index (χ4v) is 4.34. The zero-order chi connectivity index (χ0) is 25.9. The van der Waals surface area contributed by atoms with Crippen LogP contribution in [0.4, 0.5) is 0 Å². The van der Waals surface area contributed by atoms with E-state index in [9.17, 15) is 0 Å². The topological polar surface area (TPSA) is 100 Å². The van der Waals surface area contributed by atoms with E-state index >= 15 is 0 Å². The summed E-state index contributed by atoms with van der Waals surface area (Å²) in [5, 5.41) is 12.0. The molecule has 5 rings (SSSR count). The Kier molecular flexibility index (Phi) is 6.55. The largest absolute Gasteiger partial charge is 0.359 e. The van der Waals surface area contributed by atoms with Gasteiger partial charge in [-0.3, -0.25) is 9.67 Å². The van der Waals surface area contributed by atoms with Crippen molar-refractivity contribution < 1.29 is 0 Å². The van der Waals surface area contributed by atoms with Crippen LogP contribution in [0.5, 0.6) is 0 Å². The molecule has 5 aromatic rings. The van der Waals surface area contributed by atoms with E-state index in [0.29, 0.717) is 0 Å². The predicted octanol–water partition coefficient (Wildman–Crippen LogP) is 6.37. The number of nitrogens with zero attached hydrogens (tertiary/aromatic N) is 5. The first-order valence-electron chi connectivity index (χ1n) is 12.3. The molecule has 0 aliphatic carbocycles. The van der Waals surface area contributed by atoms with E-state index in [0.717, 1.165) is 80.3 Å².